The molecule has 0 spiro atoms. The fraction of sp³-hybridized carbons (Fsp3) is 0.318. The van der Waals surface area contributed by atoms with Crippen LogP contribution in [0.4, 0.5) is 11.4 Å². The van der Waals surface area contributed by atoms with E-state index in [9.17, 15) is 14.9 Å². The van der Waals surface area contributed by atoms with E-state index in [4.69, 9.17) is 4.74 Å². The van der Waals surface area contributed by atoms with Crippen molar-refractivity contribution in [3.63, 3.8) is 0 Å². The molecule has 1 unspecified atom stereocenters. The van der Waals surface area contributed by atoms with Gasteiger partial charge >= 0.3 is 0 Å². The van der Waals surface area contributed by atoms with E-state index in [0.29, 0.717) is 17.1 Å². The standard InChI is InChI=1S/C22H24N4O3/c1-5-8-26-13(2)9-16(14(26)3)10-17(12-23)22(28)24-18-6-7-20-19(11-18)25-21(27)15(4)29-20/h6-7,9-11,15H,5,8H2,1-4H3,(H,24,28)(H,25,27)/b17-10+. The number of fused-ring (bicyclic) bond motifs is 1. The molecule has 3 rings (SSSR count). The first-order chi connectivity index (χ1) is 13.8. The lowest BCUT2D eigenvalue weighted by atomic mass is 10.1. The minimum absolute atomic E-state index is 0.00776. The lowest BCUT2D eigenvalue weighted by Crippen LogP contribution is -2.34. The van der Waals surface area contributed by atoms with Crippen molar-refractivity contribution in [1.29, 1.82) is 5.26 Å². The Morgan fingerprint density at radius 1 is 1.38 bits per heavy atom. The summed E-state index contributed by atoms with van der Waals surface area (Å²) < 4.78 is 7.68. The van der Waals surface area contributed by atoms with Crippen LogP contribution in [0.2, 0.25) is 0 Å². The summed E-state index contributed by atoms with van der Waals surface area (Å²) in [5.41, 5.74) is 3.91. The van der Waals surface area contributed by atoms with Crippen LogP contribution in [0.5, 0.6) is 5.75 Å². The molecule has 0 aliphatic carbocycles. The summed E-state index contributed by atoms with van der Waals surface area (Å²) in [5, 5.41) is 14.9. The highest BCUT2D eigenvalue weighted by Gasteiger charge is 2.24. The van der Waals surface area contributed by atoms with Gasteiger partial charge in [0, 0.05) is 23.6 Å². The quantitative estimate of drug-likeness (QED) is 0.598. The van der Waals surface area contributed by atoms with Gasteiger partial charge in [0.1, 0.15) is 17.4 Å². The lowest BCUT2D eigenvalue weighted by Gasteiger charge is -2.23. The van der Waals surface area contributed by atoms with E-state index in [1.807, 2.05) is 26.0 Å². The van der Waals surface area contributed by atoms with Crippen LogP contribution in [-0.4, -0.2) is 22.5 Å². The third kappa shape index (κ3) is 4.16. The van der Waals surface area contributed by atoms with Gasteiger partial charge in [0.2, 0.25) is 0 Å². The molecule has 1 aliphatic heterocycles. The minimum atomic E-state index is -0.567. The molecule has 0 radical (unpaired) electrons. The molecule has 2 amide bonds. The molecule has 0 fully saturated rings. The van der Waals surface area contributed by atoms with E-state index in [2.05, 4.69) is 22.1 Å². The number of benzene rings is 1. The predicted octanol–water partition coefficient (Wildman–Crippen LogP) is 3.78. The number of carbonyl (C=O) groups excluding carboxylic acids is 2. The number of nitriles is 1. The molecule has 1 aromatic carbocycles. The van der Waals surface area contributed by atoms with Crippen molar-refractivity contribution < 1.29 is 14.3 Å². The van der Waals surface area contributed by atoms with Gasteiger partial charge in [-0.25, -0.2) is 0 Å². The highest BCUT2D eigenvalue weighted by Crippen LogP contribution is 2.32. The Morgan fingerprint density at radius 3 is 2.83 bits per heavy atom. The molecule has 29 heavy (non-hydrogen) atoms. The van der Waals surface area contributed by atoms with Crippen LogP contribution < -0.4 is 15.4 Å². The van der Waals surface area contributed by atoms with Crippen molar-refractivity contribution in [2.24, 2.45) is 0 Å². The Kier molecular flexibility index (Phi) is 5.74. The summed E-state index contributed by atoms with van der Waals surface area (Å²) in [7, 11) is 0. The fourth-order valence-electron chi connectivity index (χ4n) is 3.33. The summed E-state index contributed by atoms with van der Waals surface area (Å²) in [5.74, 6) is -0.222. The zero-order valence-corrected chi connectivity index (χ0v) is 17.0. The van der Waals surface area contributed by atoms with Crippen LogP contribution >= 0.6 is 0 Å². The summed E-state index contributed by atoms with van der Waals surface area (Å²) >= 11 is 0. The molecule has 1 aliphatic rings. The Balaban J connectivity index is 1.82. The van der Waals surface area contributed by atoms with Crippen molar-refractivity contribution in [2.75, 3.05) is 10.6 Å². The maximum atomic E-state index is 12.6. The molecule has 2 aromatic rings. The van der Waals surface area contributed by atoms with E-state index in [1.165, 1.54) is 0 Å². The van der Waals surface area contributed by atoms with Gasteiger partial charge in [-0.2, -0.15) is 5.26 Å². The van der Waals surface area contributed by atoms with Crippen LogP contribution in [0.25, 0.3) is 6.08 Å². The molecule has 7 heteroatoms. The zero-order chi connectivity index (χ0) is 21.1. The predicted molar refractivity (Wildman–Crippen MR) is 112 cm³/mol. The molecule has 1 aromatic heterocycles. The van der Waals surface area contributed by atoms with Gasteiger partial charge in [-0.15, -0.1) is 0 Å². The van der Waals surface area contributed by atoms with Crippen LogP contribution in [-0.2, 0) is 16.1 Å². The van der Waals surface area contributed by atoms with Gasteiger partial charge in [0.05, 0.1) is 5.69 Å². The van der Waals surface area contributed by atoms with E-state index >= 15 is 0 Å². The first-order valence-electron chi connectivity index (χ1n) is 9.55. The second-order valence-corrected chi connectivity index (χ2v) is 7.06. The maximum Gasteiger partial charge on any atom is 0.266 e. The van der Waals surface area contributed by atoms with E-state index in [0.717, 1.165) is 29.9 Å². The smallest absolute Gasteiger partial charge is 0.266 e. The Morgan fingerprint density at radius 2 is 2.14 bits per heavy atom. The van der Waals surface area contributed by atoms with E-state index in [-0.39, 0.29) is 11.5 Å². The SMILES string of the molecule is CCCn1c(C)cc(/C=C(\C#N)C(=O)Nc2ccc3c(c2)NC(=O)C(C)O3)c1C. The number of hydrogen-bond acceptors (Lipinski definition) is 4. The largest absolute Gasteiger partial charge is 0.479 e. The summed E-state index contributed by atoms with van der Waals surface area (Å²) in [4.78, 5) is 24.4. The second kappa shape index (κ2) is 8.23. The van der Waals surface area contributed by atoms with Gasteiger partial charge in [0.25, 0.3) is 11.8 Å². The second-order valence-electron chi connectivity index (χ2n) is 7.06. The monoisotopic (exact) mass is 392 g/mol. The number of ether oxygens (including phenoxy) is 1. The number of nitrogens with one attached hydrogen (secondary N) is 2. The third-order valence-electron chi connectivity index (χ3n) is 4.89. The number of aryl methyl sites for hydroxylation is 1. The molecule has 2 heterocycles. The Labute approximate surface area is 170 Å². The summed E-state index contributed by atoms with van der Waals surface area (Å²) in [6.45, 7) is 8.65. The van der Waals surface area contributed by atoms with Crippen molar-refractivity contribution in [3.8, 4) is 11.8 Å². The van der Waals surface area contributed by atoms with Gasteiger partial charge < -0.3 is 19.9 Å². The van der Waals surface area contributed by atoms with Crippen molar-refractivity contribution in [1.82, 2.24) is 4.57 Å². The van der Waals surface area contributed by atoms with E-state index in [1.54, 1.807) is 31.2 Å². The average Bonchev–Trinajstić information content (AvgIpc) is 2.94. The molecule has 2 N–H and O–H groups in total. The third-order valence-corrected chi connectivity index (χ3v) is 4.89. The molecule has 0 bridgehead atoms. The molecule has 150 valence electrons. The number of hydrogen-bond donors (Lipinski definition) is 2. The first-order valence-corrected chi connectivity index (χ1v) is 9.55. The van der Waals surface area contributed by atoms with Crippen LogP contribution in [0.15, 0.2) is 29.8 Å². The number of carbonyl (C=O) groups is 2. The molecular weight excluding hydrogens is 368 g/mol. The highest BCUT2D eigenvalue weighted by molar-refractivity contribution is 6.10. The summed E-state index contributed by atoms with van der Waals surface area (Å²) in [6.07, 6.45) is 2.04. The van der Waals surface area contributed by atoms with Gasteiger partial charge in [0.15, 0.2) is 6.10 Å². The zero-order valence-electron chi connectivity index (χ0n) is 17.0. The van der Waals surface area contributed by atoms with Gasteiger partial charge in [-0.3, -0.25) is 9.59 Å². The molecular formula is C22H24N4O3. The fourth-order valence-corrected chi connectivity index (χ4v) is 3.33. The Bertz CT molecular complexity index is 1040. The van der Waals surface area contributed by atoms with Crippen LogP contribution in [0.1, 0.15) is 37.2 Å². The van der Waals surface area contributed by atoms with Gasteiger partial charge in [-0.1, -0.05) is 6.92 Å². The molecule has 0 saturated heterocycles. The topological polar surface area (TPSA) is 96.1 Å². The van der Waals surface area contributed by atoms with Crippen molar-refractivity contribution in [2.45, 2.75) is 46.8 Å². The lowest BCUT2D eigenvalue weighted by molar-refractivity contribution is -0.122. The molecule has 0 saturated carbocycles. The maximum absolute atomic E-state index is 12.6. The minimum Gasteiger partial charge on any atom is -0.479 e. The summed E-state index contributed by atoms with van der Waals surface area (Å²) in [6, 6.07) is 8.91. The Hall–Kier alpha value is -3.53. The van der Waals surface area contributed by atoms with Crippen molar-refractivity contribution >= 4 is 29.3 Å². The highest BCUT2D eigenvalue weighted by atomic mass is 16.5. The first kappa shape index (κ1) is 20.2. The number of amides is 2. The van der Waals surface area contributed by atoms with Crippen LogP contribution in [0.3, 0.4) is 0 Å². The number of aromatic nitrogens is 1. The molecule has 1 atom stereocenters. The average molecular weight is 392 g/mol. The van der Waals surface area contributed by atoms with Crippen molar-refractivity contribution in [3.05, 3.63) is 46.8 Å². The number of rotatable bonds is 5. The number of nitrogens with zero attached hydrogens (tertiary/aromatic N) is 2. The normalized spacial score (nSPS) is 15.8. The van der Waals surface area contributed by atoms with E-state index < -0.39 is 12.0 Å². The molecule has 7 nitrogen and oxygen atoms in total. The number of anilines is 2. The van der Waals surface area contributed by atoms with Gasteiger partial charge in [-0.05, 0) is 63.1 Å². The van der Waals surface area contributed by atoms with Crippen LogP contribution in [0, 0.1) is 25.2 Å².